The summed E-state index contributed by atoms with van der Waals surface area (Å²) in [6.07, 6.45) is -0.0922. The van der Waals surface area contributed by atoms with Gasteiger partial charge in [0.25, 0.3) is 5.91 Å². The number of ether oxygens (including phenoxy) is 1. The van der Waals surface area contributed by atoms with Crippen LogP contribution in [0.2, 0.25) is 0 Å². The molecule has 5 nitrogen and oxygen atoms in total. The number of benzene rings is 1. The van der Waals surface area contributed by atoms with E-state index < -0.39 is 6.10 Å². The van der Waals surface area contributed by atoms with Crippen molar-refractivity contribution in [1.29, 1.82) is 0 Å². The molecule has 0 aliphatic carbocycles. The molecular weight excluding hydrogens is 324 g/mol. The number of hydrogen-bond donors (Lipinski definition) is 1. The third-order valence-electron chi connectivity index (χ3n) is 2.92. The highest BCUT2D eigenvalue weighted by molar-refractivity contribution is 9.10. The molecule has 0 unspecified atom stereocenters. The first-order valence-corrected chi connectivity index (χ1v) is 7.17. The molecule has 0 saturated heterocycles. The van der Waals surface area contributed by atoms with Crippen LogP contribution in [-0.2, 0) is 14.4 Å². The molecule has 1 aliphatic heterocycles. The minimum absolute atomic E-state index is 0.0500. The largest absolute Gasteiger partial charge is 0.383 e. The second-order valence-electron chi connectivity index (χ2n) is 4.71. The van der Waals surface area contributed by atoms with E-state index in [9.17, 15) is 4.79 Å². The van der Waals surface area contributed by atoms with Crippen LogP contribution in [0.4, 0.5) is 0 Å². The molecule has 0 bridgehead atoms. The van der Waals surface area contributed by atoms with E-state index in [-0.39, 0.29) is 11.9 Å². The summed E-state index contributed by atoms with van der Waals surface area (Å²) in [5.74, 6) is -0.164. The van der Waals surface area contributed by atoms with Crippen molar-refractivity contribution in [3.63, 3.8) is 0 Å². The number of methoxy groups -OCH3 is 1. The minimum Gasteiger partial charge on any atom is -0.383 e. The summed E-state index contributed by atoms with van der Waals surface area (Å²) in [5, 5.41) is 6.84. The average molecular weight is 341 g/mol. The molecule has 0 aromatic heterocycles. The maximum atomic E-state index is 12.0. The van der Waals surface area contributed by atoms with Crippen molar-refractivity contribution in [3.8, 4) is 0 Å². The Hall–Kier alpha value is -1.40. The molecule has 0 saturated carbocycles. The van der Waals surface area contributed by atoms with Crippen LogP contribution in [0.25, 0.3) is 0 Å². The van der Waals surface area contributed by atoms with Crippen LogP contribution < -0.4 is 5.32 Å². The van der Waals surface area contributed by atoms with E-state index in [1.807, 2.05) is 31.2 Å². The third-order valence-corrected chi connectivity index (χ3v) is 3.42. The maximum absolute atomic E-state index is 12.0. The zero-order valence-electron chi connectivity index (χ0n) is 11.4. The van der Waals surface area contributed by atoms with Crippen LogP contribution in [0.3, 0.4) is 0 Å². The first-order chi connectivity index (χ1) is 9.60. The van der Waals surface area contributed by atoms with Gasteiger partial charge < -0.3 is 14.9 Å². The first kappa shape index (κ1) is 15.0. The lowest BCUT2D eigenvalue weighted by Gasteiger charge is -2.15. The van der Waals surface area contributed by atoms with Gasteiger partial charge in [0.05, 0.1) is 12.3 Å². The molecule has 1 aromatic carbocycles. The van der Waals surface area contributed by atoms with Gasteiger partial charge in [-0.1, -0.05) is 33.2 Å². The smallest absolute Gasteiger partial charge is 0.264 e. The number of nitrogens with zero attached hydrogens (tertiary/aromatic N) is 1. The van der Waals surface area contributed by atoms with E-state index in [0.717, 1.165) is 15.7 Å². The summed E-state index contributed by atoms with van der Waals surface area (Å²) in [7, 11) is 1.60. The molecule has 2 atom stereocenters. The Kier molecular flexibility index (Phi) is 5.14. The van der Waals surface area contributed by atoms with Crippen LogP contribution in [0.1, 0.15) is 18.9 Å². The van der Waals surface area contributed by atoms with Crippen molar-refractivity contribution < 1.29 is 14.4 Å². The number of nitrogens with one attached hydrogen (secondary N) is 1. The fourth-order valence-electron chi connectivity index (χ4n) is 1.98. The molecule has 0 fully saturated rings. The van der Waals surface area contributed by atoms with E-state index in [1.54, 1.807) is 7.11 Å². The van der Waals surface area contributed by atoms with Crippen LogP contribution in [0.5, 0.6) is 0 Å². The highest BCUT2D eigenvalue weighted by Crippen LogP contribution is 2.19. The van der Waals surface area contributed by atoms with Crippen molar-refractivity contribution in [2.45, 2.75) is 25.5 Å². The van der Waals surface area contributed by atoms with E-state index in [0.29, 0.717) is 13.0 Å². The maximum Gasteiger partial charge on any atom is 0.264 e. The molecule has 2 rings (SSSR count). The number of rotatable bonds is 5. The number of amides is 1. The Morgan fingerprint density at radius 3 is 3.15 bits per heavy atom. The molecule has 1 N–H and O–H groups in total. The predicted molar refractivity (Wildman–Crippen MR) is 79.6 cm³/mol. The van der Waals surface area contributed by atoms with Crippen molar-refractivity contribution in [2.75, 3.05) is 13.7 Å². The third kappa shape index (κ3) is 3.80. The quantitative estimate of drug-likeness (QED) is 0.892. The van der Waals surface area contributed by atoms with Crippen LogP contribution in [0, 0.1) is 0 Å². The zero-order valence-corrected chi connectivity index (χ0v) is 13.0. The van der Waals surface area contributed by atoms with Crippen LogP contribution in [-0.4, -0.2) is 37.5 Å². The molecule has 1 amide bonds. The van der Waals surface area contributed by atoms with Crippen molar-refractivity contribution >= 4 is 27.5 Å². The lowest BCUT2D eigenvalue weighted by atomic mass is 10.0. The highest BCUT2D eigenvalue weighted by atomic mass is 79.9. The topological polar surface area (TPSA) is 59.9 Å². The SMILES string of the molecule is COC[C@H](C)NC(=O)[C@H]1CC(c2cccc(Br)c2)=NO1. The van der Waals surface area contributed by atoms with Crippen molar-refractivity contribution in [1.82, 2.24) is 5.32 Å². The summed E-state index contributed by atoms with van der Waals surface area (Å²) in [6, 6.07) is 7.72. The van der Waals surface area contributed by atoms with Gasteiger partial charge in [0.2, 0.25) is 6.10 Å². The Balaban J connectivity index is 1.93. The number of oxime groups is 1. The Labute approximate surface area is 126 Å². The first-order valence-electron chi connectivity index (χ1n) is 6.38. The van der Waals surface area contributed by atoms with E-state index in [4.69, 9.17) is 9.57 Å². The number of carbonyl (C=O) groups is 1. The lowest BCUT2D eigenvalue weighted by Crippen LogP contribution is -2.42. The van der Waals surface area contributed by atoms with Crippen molar-refractivity contribution in [2.24, 2.45) is 5.16 Å². The van der Waals surface area contributed by atoms with Gasteiger partial charge in [-0.25, -0.2) is 0 Å². The number of halogens is 1. The Bertz CT molecular complexity index is 519. The minimum atomic E-state index is -0.566. The van der Waals surface area contributed by atoms with Crippen molar-refractivity contribution in [3.05, 3.63) is 34.3 Å². The van der Waals surface area contributed by atoms with E-state index in [2.05, 4.69) is 26.4 Å². The summed E-state index contributed by atoms with van der Waals surface area (Å²) < 4.78 is 5.95. The average Bonchev–Trinajstić information content (AvgIpc) is 2.88. The zero-order chi connectivity index (χ0) is 14.5. The fourth-order valence-corrected chi connectivity index (χ4v) is 2.38. The lowest BCUT2D eigenvalue weighted by molar-refractivity contribution is -0.132. The van der Waals surface area contributed by atoms with E-state index >= 15 is 0 Å². The molecule has 6 heteroatoms. The standard InChI is InChI=1S/C14H17BrN2O3/c1-9(8-19-2)16-14(18)13-7-12(17-20-13)10-4-3-5-11(15)6-10/h3-6,9,13H,7-8H2,1-2H3,(H,16,18)/t9-,13+/m0/s1. The molecule has 108 valence electrons. The summed E-state index contributed by atoms with van der Waals surface area (Å²) in [5.41, 5.74) is 1.74. The van der Waals surface area contributed by atoms with Gasteiger partial charge in [0.1, 0.15) is 0 Å². The van der Waals surface area contributed by atoms with Gasteiger partial charge in [-0.3, -0.25) is 4.79 Å². The normalized spacial score (nSPS) is 19.1. The molecule has 20 heavy (non-hydrogen) atoms. The molecule has 1 heterocycles. The monoisotopic (exact) mass is 340 g/mol. The second kappa shape index (κ2) is 6.85. The molecule has 1 aliphatic rings. The van der Waals surface area contributed by atoms with E-state index in [1.165, 1.54) is 0 Å². The Morgan fingerprint density at radius 1 is 1.65 bits per heavy atom. The molecule has 0 spiro atoms. The van der Waals surface area contributed by atoms with Crippen LogP contribution >= 0.6 is 15.9 Å². The number of hydrogen-bond acceptors (Lipinski definition) is 4. The van der Waals surface area contributed by atoms with Gasteiger partial charge in [0.15, 0.2) is 0 Å². The highest BCUT2D eigenvalue weighted by Gasteiger charge is 2.29. The van der Waals surface area contributed by atoms with Gasteiger partial charge in [0, 0.05) is 29.6 Å². The summed E-state index contributed by atoms with van der Waals surface area (Å²) >= 11 is 3.41. The summed E-state index contributed by atoms with van der Waals surface area (Å²) in [4.78, 5) is 17.2. The number of carbonyl (C=O) groups excluding carboxylic acids is 1. The Morgan fingerprint density at radius 2 is 2.45 bits per heavy atom. The van der Waals surface area contributed by atoms with Gasteiger partial charge in [-0.15, -0.1) is 0 Å². The van der Waals surface area contributed by atoms with Crippen LogP contribution in [0.15, 0.2) is 33.9 Å². The van der Waals surface area contributed by atoms with Gasteiger partial charge in [-0.2, -0.15) is 0 Å². The van der Waals surface area contributed by atoms with Gasteiger partial charge in [-0.05, 0) is 19.1 Å². The summed E-state index contributed by atoms with van der Waals surface area (Å²) in [6.45, 7) is 2.35. The molecular formula is C14H17BrN2O3. The predicted octanol–water partition coefficient (Wildman–Crippen LogP) is 2.09. The second-order valence-corrected chi connectivity index (χ2v) is 5.63. The molecule has 1 aromatic rings. The molecule has 0 radical (unpaired) electrons. The van der Waals surface area contributed by atoms with Gasteiger partial charge >= 0.3 is 0 Å². The fraction of sp³-hybridized carbons (Fsp3) is 0.429.